The predicted molar refractivity (Wildman–Crippen MR) is 88.9 cm³/mol. The van der Waals surface area contributed by atoms with Crippen molar-refractivity contribution in [3.05, 3.63) is 40.4 Å². The molecule has 120 valence electrons. The average Bonchev–Trinajstić information content (AvgIpc) is 2.54. The summed E-state index contributed by atoms with van der Waals surface area (Å²) in [6.07, 6.45) is 2.97. The number of benzene rings is 1. The summed E-state index contributed by atoms with van der Waals surface area (Å²) >= 11 is 0. The van der Waals surface area contributed by atoms with Crippen LogP contribution in [0.15, 0.2) is 29.1 Å². The topological polar surface area (TPSA) is 58.4 Å². The van der Waals surface area contributed by atoms with E-state index in [2.05, 4.69) is 16.8 Å². The Morgan fingerprint density at radius 2 is 1.95 bits per heavy atom. The molecule has 0 saturated heterocycles. The van der Waals surface area contributed by atoms with Gasteiger partial charge in [0, 0.05) is 20.2 Å². The van der Waals surface area contributed by atoms with Gasteiger partial charge in [0.05, 0.1) is 17.4 Å². The normalized spacial score (nSPS) is 11.5. The molecule has 0 unspecified atom stereocenters. The minimum Gasteiger partial charge on any atom is -0.396 e. The van der Waals surface area contributed by atoms with Crippen molar-refractivity contribution >= 4 is 10.9 Å². The Bertz CT molecular complexity index is 658. The Kier molecular flexibility index (Phi) is 6.10. The first-order valence-electron chi connectivity index (χ1n) is 7.95. The Morgan fingerprint density at radius 1 is 1.23 bits per heavy atom. The molecule has 0 aliphatic rings. The lowest BCUT2D eigenvalue weighted by Crippen LogP contribution is -2.31. The summed E-state index contributed by atoms with van der Waals surface area (Å²) in [5.74, 6) is 0.776. The second-order valence-electron chi connectivity index (χ2n) is 5.62. The highest BCUT2D eigenvalue weighted by atomic mass is 16.3. The van der Waals surface area contributed by atoms with Crippen LogP contribution in [0.3, 0.4) is 0 Å². The average molecular weight is 303 g/mol. The summed E-state index contributed by atoms with van der Waals surface area (Å²) in [7, 11) is 1.78. The number of para-hydroxylation sites is 1. The van der Waals surface area contributed by atoms with Crippen LogP contribution in [0.4, 0.5) is 0 Å². The van der Waals surface area contributed by atoms with E-state index in [0.29, 0.717) is 11.9 Å². The van der Waals surface area contributed by atoms with Crippen LogP contribution >= 0.6 is 0 Å². The number of hydrogen-bond donors (Lipinski definition) is 1. The summed E-state index contributed by atoms with van der Waals surface area (Å²) in [4.78, 5) is 19.3. The molecule has 2 aromatic rings. The van der Waals surface area contributed by atoms with E-state index in [1.807, 2.05) is 24.3 Å². The fourth-order valence-electron chi connectivity index (χ4n) is 2.55. The molecule has 1 N–H and O–H groups in total. The van der Waals surface area contributed by atoms with E-state index in [9.17, 15) is 4.79 Å². The molecule has 0 saturated carbocycles. The fraction of sp³-hybridized carbons (Fsp3) is 0.529. The van der Waals surface area contributed by atoms with Crippen molar-refractivity contribution in [1.82, 2.24) is 14.5 Å². The van der Waals surface area contributed by atoms with E-state index < -0.39 is 0 Å². The maximum absolute atomic E-state index is 12.4. The van der Waals surface area contributed by atoms with Gasteiger partial charge in [-0.3, -0.25) is 14.3 Å². The molecule has 1 aromatic heterocycles. The summed E-state index contributed by atoms with van der Waals surface area (Å²) in [5.41, 5.74) is 0.747. The summed E-state index contributed by atoms with van der Waals surface area (Å²) in [6.45, 7) is 4.76. The number of aliphatic hydroxyl groups is 1. The molecule has 0 spiro atoms. The second kappa shape index (κ2) is 8.06. The van der Waals surface area contributed by atoms with Crippen molar-refractivity contribution in [1.29, 1.82) is 0 Å². The second-order valence-corrected chi connectivity index (χ2v) is 5.62. The molecule has 0 aliphatic carbocycles. The third-order valence-corrected chi connectivity index (χ3v) is 3.90. The van der Waals surface area contributed by atoms with E-state index in [0.717, 1.165) is 43.7 Å². The lowest BCUT2D eigenvalue weighted by Gasteiger charge is -2.22. The lowest BCUT2D eigenvalue weighted by molar-refractivity contribution is 0.211. The molecule has 5 nitrogen and oxygen atoms in total. The molecule has 1 aromatic carbocycles. The van der Waals surface area contributed by atoms with Gasteiger partial charge in [0.15, 0.2) is 0 Å². The lowest BCUT2D eigenvalue weighted by atomic mass is 10.2. The van der Waals surface area contributed by atoms with Gasteiger partial charge in [-0.05, 0) is 31.5 Å². The molecule has 1 heterocycles. The van der Waals surface area contributed by atoms with Gasteiger partial charge in [-0.15, -0.1) is 0 Å². The van der Waals surface area contributed by atoms with Crippen molar-refractivity contribution in [3.8, 4) is 0 Å². The molecule has 22 heavy (non-hydrogen) atoms. The smallest absolute Gasteiger partial charge is 0.261 e. The van der Waals surface area contributed by atoms with Crippen LogP contribution in [-0.2, 0) is 13.6 Å². The maximum atomic E-state index is 12.4. The largest absolute Gasteiger partial charge is 0.396 e. The standard InChI is InChI=1S/C17H25N3O2/c1-3-4-10-20(11-7-12-21)13-16-18-15-9-6-5-8-14(15)17(22)19(16)2/h5-6,8-9,21H,3-4,7,10-13H2,1-2H3. The van der Waals surface area contributed by atoms with E-state index in [4.69, 9.17) is 5.11 Å². The van der Waals surface area contributed by atoms with Crippen LogP contribution in [0, 0.1) is 0 Å². The third-order valence-electron chi connectivity index (χ3n) is 3.90. The van der Waals surface area contributed by atoms with Crippen LogP contribution < -0.4 is 5.56 Å². The first-order chi connectivity index (χ1) is 10.7. The molecule has 0 bridgehead atoms. The van der Waals surface area contributed by atoms with Crippen molar-refractivity contribution < 1.29 is 5.11 Å². The van der Waals surface area contributed by atoms with Crippen LogP contribution in [-0.4, -0.2) is 39.3 Å². The number of hydrogen-bond acceptors (Lipinski definition) is 4. The molecule has 0 radical (unpaired) electrons. The molecular weight excluding hydrogens is 278 g/mol. The quantitative estimate of drug-likeness (QED) is 0.809. The molecule has 0 fully saturated rings. The first-order valence-corrected chi connectivity index (χ1v) is 7.95. The van der Waals surface area contributed by atoms with Gasteiger partial charge >= 0.3 is 0 Å². The van der Waals surface area contributed by atoms with Gasteiger partial charge in [-0.1, -0.05) is 25.5 Å². The fourth-order valence-corrected chi connectivity index (χ4v) is 2.55. The number of unbranched alkanes of at least 4 members (excludes halogenated alkanes) is 1. The van der Waals surface area contributed by atoms with E-state index in [1.54, 1.807) is 11.6 Å². The first kappa shape index (κ1) is 16.6. The predicted octanol–water partition coefficient (Wildman–Crippen LogP) is 1.92. The highest BCUT2D eigenvalue weighted by Crippen LogP contribution is 2.09. The molecule has 5 heteroatoms. The molecule has 0 amide bonds. The Labute approximate surface area is 131 Å². The summed E-state index contributed by atoms with van der Waals surface area (Å²) in [5, 5.41) is 9.71. The van der Waals surface area contributed by atoms with Crippen molar-refractivity contribution in [2.24, 2.45) is 7.05 Å². The number of aromatic nitrogens is 2. The molecule has 0 aliphatic heterocycles. The summed E-state index contributed by atoms with van der Waals surface area (Å²) in [6, 6.07) is 7.46. The Hall–Kier alpha value is -1.72. The summed E-state index contributed by atoms with van der Waals surface area (Å²) < 4.78 is 1.64. The maximum Gasteiger partial charge on any atom is 0.261 e. The third kappa shape index (κ3) is 3.93. The van der Waals surface area contributed by atoms with Crippen molar-refractivity contribution in [3.63, 3.8) is 0 Å². The van der Waals surface area contributed by atoms with Crippen LogP contribution in [0.25, 0.3) is 10.9 Å². The highest BCUT2D eigenvalue weighted by Gasteiger charge is 2.12. The van der Waals surface area contributed by atoms with Gasteiger partial charge in [-0.2, -0.15) is 0 Å². The van der Waals surface area contributed by atoms with E-state index >= 15 is 0 Å². The zero-order valence-electron chi connectivity index (χ0n) is 13.5. The molecular formula is C17H25N3O2. The minimum atomic E-state index is -0.00167. The van der Waals surface area contributed by atoms with Gasteiger partial charge in [0.2, 0.25) is 0 Å². The Morgan fingerprint density at radius 3 is 2.68 bits per heavy atom. The van der Waals surface area contributed by atoms with Crippen LogP contribution in [0.2, 0.25) is 0 Å². The number of rotatable bonds is 8. The SMILES string of the molecule is CCCCN(CCCO)Cc1nc2ccccc2c(=O)n1C. The minimum absolute atomic E-state index is 0.00167. The van der Waals surface area contributed by atoms with Crippen molar-refractivity contribution in [2.75, 3.05) is 19.7 Å². The van der Waals surface area contributed by atoms with Crippen LogP contribution in [0.1, 0.15) is 32.0 Å². The highest BCUT2D eigenvalue weighted by molar-refractivity contribution is 5.77. The van der Waals surface area contributed by atoms with Gasteiger partial charge < -0.3 is 5.11 Å². The van der Waals surface area contributed by atoms with Crippen LogP contribution in [0.5, 0.6) is 0 Å². The molecule has 2 rings (SSSR count). The number of fused-ring (bicyclic) bond motifs is 1. The number of aliphatic hydroxyl groups excluding tert-OH is 1. The molecule has 0 atom stereocenters. The van der Waals surface area contributed by atoms with Gasteiger partial charge in [-0.25, -0.2) is 4.98 Å². The van der Waals surface area contributed by atoms with Gasteiger partial charge in [0.25, 0.3) is 5.56 Å². The Balaban J connectivity index is 2.28. The van der Waals surface area contributed by atoms with E-state index in [1.165, 1.54) is 0 Å². The number of nitrogens with zero attached hydrogens (tertiary/aromatic N) is 3. The zero-order chi connectivity index (χ0) is 15.9. The zero-order valence-corrected chi connectivity index (χ0v) is 13.5. The van der Waals surface area contributed by atoms with E-state index in [-0.39, 0.29) is 12.2 Å². The monoisotopic (exact) mass is 303 g/mol. The van der Waals surface area contributed by atoms with Gasteiger partial charge in [0.1, 0.15) is 5.82 Å². The van der Waals surface area contributed by atoms with Crippen molar-refractivity contribution in [2.45, 2.75) is 32.7 Å².